The van der Waals surface area contributed by atoms with Gasteiger partial charge in [-0.1, -0.05) is 19.4 Å². The molecule has 0 spiro atoms. The van der Waals surface area contributed by atoms with Crippen LogP contribution in [0.4, 0.5) is 5.69 Å². The Balaban J connectivity index is 2.14. The second-order valence-corrected chi connectivity index (χ2v) is 6.35. The van der Waals surface area contributed by atoms with E-state index in [2.05, 4.69) is 50.9 Å². The maximum absolute atomic E-state index is 6.27. The topological polar surface area (TPSA) is 29.3 Å². The van der Waals surface area contributed by atoms with Gasteiger partial charge in [-0.3, -0.25) is 0 Å². The van der Waals surface area contributed by atoms with E-state index in [1.165, 1.54) is 36.1 Å². The summed E-state index contributed by atoms with van der Waals surface area (Å²) in [5.41, 5.74) is 10.5. The van der Waals surface area contributed by atoms with Crippen LogP contribution in [0, 0.1) is 19.3 Å². The number of aryl methyl sites for hydroxylation is 2. The maximum atomic E-state index is 6.27. The first-order valence-corrected chi connectivity index (χ1v) is 6.96. The largest absolute Gasteiger partial charge is 0.374 e. The van der Waals surface area contributed by atoms with Crippen molar-refractivity contribution in [1.29, 1.82) is 0 Å². The van der Waals surface area contributed by atoms with Crippen LogP contribution in [-0.2, 0) is 0 Å². The average molecular weight is 246 g/mol. The van der Waals surface area contributed by atoms with E-state index in [0.29, 0.717) is 6.04 Å². The molecule has 0 heterocycles. The molecule has 1 aromatic carbocycles. The predicted molar refractivity (Wildman–Crippen MR) is 79.1 cm³/mol. The van der Waals surface area contributed by atoms with Gasteiger partial charge < -0.3 is 10.6 Å². The number of nitrogens with zero attached hydrogens (tertiary/aromatic N) is 1. The van der Waals surface area contributed by atoms with Gasteiger partial charge in [0.1, 0.15) is 0 Å². The molecule has 1 aliphatic carbocycles. The molecule has 100 valence electrons. The third-order valence-corrected chi connectivity index (χ3v) is 4.40. The Labute approximate surface area is 111 Å². The summed E-state index contributed by atoms with van der Waals surface area (Å²) >= 11 is 0. The Morgan fingerprint density at radius 3 is 2.39 bits per heavy atom. The Morgan fingerprint density at radius 1 is 1.28 bits per heavy atom. The SMILES string of the molecule is Cc1cc(C)cc(N(C)CC2(C)CCCC2N)c1. The van der Waals surface area contributed by atoms with Crippen molar-refractivity contribution in [3.8, 4) is 0 Å². The highest BCUT2D eigenvalue weighted by molar-refractivity contribution is 5.50. The summed E-state index contributed by atoms with van der Waals surface area (Å²) in [5.74, 6) is 0. The second kappa shape index (κ2) is 4.93. The molecule has 18 heavy (non-hydrogen) atoms. The monoisotopic (exact) mass is 246 g/mol. The molecular formula is C16H26N2. The van der Waals surface area contributed by atoms with Crippen LogP contribution >= 0.6 is 0 Å². The lowest BCUT2D eigenvalue weighted by Crippen LogP contribution is -2.43. The number of anilines is 1. The van der Waals surface area contributed by atoms with E-state index in [0.717, 1.165) is 6.54 Å². The average Bonchev–Trinajstić information content (AvgIpc) is 2.57. The zero-order chi connectivity index (χ0) is 13.3. The van der Waals surface area contributed by atoms with Gasteiger partial charge in [-0.2, -0.15) is 0 Å². The van der Waals surface area contributed by atoms with Crippen LogP contribution in [0.1, 0.15) is 37.3 Å². The molecule has 0 saturated heterocycles. The van der Waals surface area contributed by atoms with Crippen molar-refractivity contribution in [2.75, 3.05) is 18.5 Å². The molecule has 0 aliphatic heterocycles. The van der Waals surface area contributed by atoms with Gasteiger partial charge in [0.15, 0.2) is 0 Å². The number of nitrogens with two attached hydrogens (primary N) is 1. The molecule has 2 heteroatoms. The maximum Gasteiger partial charge on any atom is 0.0369 e. The molecule has 2 unspecified atom stereocenters. The predicted octanol–water partition coefficient (Wildman–Crippen LogP) is 3.26. The van der Waals surface area contributed by atoms with E-state index in [9.17, 15) is 0 Å². The minimum absolute atomic E-state index is 0.270. The van der Waals surface area contributed by atoms with Crippen LogP contribution in [0.25, 0.3) is 0 Å². The highest BCUT2D eigenvalue weighted by Crippen LogP contribution is 2.38. The van der Waals surface area contributed by atoms with Gasteiger partial charge in [0.2, 0.25) is 0 Å². The molecule has 1 fully saturated rings. The lowest BCUT2D eigenvalue weighted by Gasteiger charge is -2.35. The lowest BCUT2D eigenvalue weighted by molar-refractivity contribution is 0.301. The lowest BCUT2D eigenvalue weighted by atomic mass is 9.84. The van der Waals surface area contributed by atoms with Crippen LogP contribution in [-0.4, -0.2) is 19.6 Å². The van der Waals surface area contributed by atoms with Crippen molar-refractivity contribution >= 4 is 5.69 Å². The van der Waals surface area contributed by atoms with Crippen LogP contribution in [0.2, 0.25) is 0 Å². The fraction of sp³-hybridized carbons (Fsp3) is 0.625. The minimum Gasteiger partial charge on any atom is -0.374 e. The number of hydrogen-bond donors (Lipinski definition) is 1. The van der Waals surface area contributed by atoms with Crippen LogP contribution in [0.3, 0.4) is 0 Å². The normalized spacial score (nSPS) is 27.5. The molecular weight excluding hydrogens is 220 g/mol. The van der Waals surface area contributed by atoms with Crippen molar-refractivity contribution in [2.45, 2.75) is 46.1 Å². The second-order valence-electron chi connectivity index (χ2n) is 6.35. The van der Waals surface area contributed by atoms with Gasteiger partial charge >= 0.3 is 0 Å². The molecule has 2 nitrogen and oxygen atoms in total. The summed E-state index contributed by atoms with van der Waals surface area (Å²) in [6.45, 7) is 7.71. The molecule has 2 rings (SSSR count). The summed E-state index contributed by atoms with van der Waals surface area (Å²) in [4.78, 5) is 2.37. The van der Waals surface area contributed by atoms with E-state index < -0.39 is 0 Å². The van der Waals surface area contributed by atoms with Gasteiger partial charge in [-0.25, -0.2) is 0 Å². The first kappa shape index (κ1) is 13.4. The van der Waals surface area contributed by atoms with Gasteiger partial charge in [-0.05, 0) is 49.9 Å². The van der Waals surface area contributed by atoms with Crippen LogP contribution < -0.4 is 10.6 Å². The molecule has 2 N–H and O–H groups in total. The fourth-order valence-electron chi connectivity index (χ4n) is 3.26. The molecule has 0 radical (unpaired) electrons. The Bertz CT molecular complexity index is 407. The number of hydrogen-bond acceptors (Lipinski definition) is 2. The Kier molecular flexibility index (Phi) is 3.67. The summed E-state index contributed by atoms with van der Waals surface area (Å²) in [5, 5.41) is 0. The highest BCUT2D eigenvalue weighted by atomic mass is 15.1. The van der Waals surface area contributed by atoms with Crippen LogP contribution in [0.5, 0.6) is 0 Å². The molecule has 1 saturated carbocycles. The van der Waals surface area contributed by atoms with Crippen molar-refractivity contribution in [1.82, 2.24) is 0 Å². The highest BCUT2D eigenvalue weighted by Gasteiger charge is 2.37. The quantitative estimate of drug-likeness (QED) is 0.887. The van der Waals surface area contributed by atoms with E-state index in [4.69, 9.17) is 5.73 Å². The van der Waals surface area contributed by atoms with Gasteiger partial charge in [0.05, 0.1) is 0 Å². The Hall–Kier alpha value is -1.02. The minimum atomic E-state index is 0.270. The van der Waals surface area contributed by atoms with E-state index in [1.807, 2.05) is 0 Å². The van der Waals surface area contributed by atoms with Crippen molar-refractivity contribution < 1.29 is 0 Å². The fourth-order valence-corrected chi connectivity index (χ4v) is 3.26. The van der Waals surface area contributed by atoms with Crippen molar-refractivity contribution in [3.05, 3.63) is 29.3 Å². The van der Waals surface area contributed by atoms with E-state index in [-0.39, 0.29) is 5.41 Å². The molecule has 1 aromatic rings. The summed E-state index contributed by atoms with van der Waals surface area (Å²) < 4.78 is 0. The summed E-state index contributed by atoms with van der Waals surface area (Å²) in [7, 11) is 2.19. The number of benzene rings is 1. The first-order chi connectivity index (χ1) is 8.40. The molecule has 1 aliphatic rings. The zero-order valence-corrected chi connectivity index (χ0v) is 12.2. The van der Waals surface area contributed by atoms with Crippen molar-refractivity contribution in [3.63, 3.8) is 0 Å². The Morgan fingerprint density at radius 2 is 1.89 bits per heavy atom. The van der Waals surface area contributed by atoms with Gasteiger partial charge in [-0.15, -0.1) is 0 Å². The third-order valence-electron chi connectivity index (χ3n) is 4.40. The van der Waals surface area contributed by atoms with Crippen LogP contribution in [0.15, 0.2) is 18.2 Å². The van der Waals surface area contributed by atoms with E-state index >= 15 is 0 Å². The zero-order valence-electron chi connectivity index (χ0n) is 12.2. The van der Waals surface area contributed by atoms with Gasteiger partial charge in [0, 0.05) is 30.7 Å². The molecule has 0 aromatic heterocycles. The third kappa shape index (κ3) is 2.69. The van der Waals surface area contributed by atoms with Crippen molar-refractivity contribution in [2.24, 2.45) is 11.1 Å². The molecule has 0 bridgehead atoms. The first-order valence-electron chi connectivity index (χ1n) is 6.96. The van der Waals surface area contributed by atoms with Gasteiger partial charge in [0.25, 0.3) is 0 Å². The summed E-state index contributed by atoms with van der Waals surface area (Å²) in [6.07, 6.45) is 3.71. The standard InChI is InChI=1S/C16H26N2/c1-12-8-13(2)10-14(9-12)18(4)11-16(3)7-5-6-15(16)17/h8-10,15H,5-7,11,17H2,1-4H3. The number of rotatable bonds is 3. The molecule has 2 atom stereocenters. The van der Waals surface area contributed by atoms with E-state index in [1.54, 1.807) is 0 Å². The summed E-state index contributed by atoms with van der Waals surface area (Å²) in [6, 6.07) is 7.10. The molecule has 0 amide bonds. The smallest absolute Gasteiger partial charge is 0.0369 e.